The first kappa shape index (κ1) is 10.4. The highest BCUT2D eigenvalue weighted by molar-refractivity contribution is 7.89. The van der Waals surface area contributed by atoms with Crippen LogP contribution in [0.25, 0.3) is 0 Å². The van der Waals surface area contributed by atoms with Gasteiger partial charge in [-0.1, -0.05) is 0 Å². The molecule has 3 unspecified atom stereocenters. The first-order chi connectivity index (χ1) is 6.59. The van der Waals surface area contributed by atoms with Crippen molar-refractivity contribution >= 4 is 10.0 Å². The smallest absolute Gasteiger partial charge is 0.214 e. The molecule has 3 atom stereocenters. The lowest BCUT2D eigenvalue weighted by atomic mass is 10.0. The number of nitrogens with zero attached hydrogens (tertiary/aromatic N) is 1. The van der Waals surface area contributed by atoms with Gasteiger partial charge in [-0.3, -0.25) is 0 Å². The molecular formula is C9H18N2O2S. The maximum atomic E-state index is 11.9. The summed E-state index contributed by atoms with van der Waals surface area (Å²) in [6.07, 6.45) is 1.85. The quantitative estimate of drug-likeness (QED) is 0.623. The van der Waals surface area contributed by atoms with Gasteiger partial charge in [0, 0.05) is 19.1 Å². The fourth-order valence-electron chi connectivity index (χ4n) is 2.35. The largest absolute Gasteiger partial charge is 0.315 e. The highest BCUT2D eigenvalue weighted by Gasteiger charge is 2.34. The first-order valence-corrected chi connectivity index (χ1v) is 6.91. The molecule has 1 N–H and O–H groups in total. The Labute approximate surface area is 85.7 Å². The fourth-order valence-corrected chi connectivity index (χ4v) is 4.18. The molecule has 2 saturated heterocycles. The summed E-state index contributed by atoms with van der Waals surface area (Å²) in [7, 11) is -2.97. The van der Waals surface area contributed by atoms with Crippen LogP contribution in [0, 0.1) is 5.92 Å². The lowest BCUT2D eigenvalue weighted by Crippen LogP contribution is -2.42. The fraction of sp³-hybridized carbons (Fsp3) is 1.00. The van der Waals surface area contributed by atoms with Gasteiger partial charge in [0.15, 0.2) is 0 Å². The molecule has 0 aromatic carbocycles. The summed E-state index contributed by atoms with van der Waals surface area (Å²) in [6.45, 7) is 4.46. The van der Waals surface area contributed by atoms with E-state index in [1.54, 1.807) is 4.31 Å². The van der Waals surface area contributed by atoms with Crippen molar-refractivity contribution in [2.24, 2.45) is 5.92 Å². The predicted molar refractivity (Wildman–Crippen MR) is 55.5 cm³/mol. The van der Waals surface area contributed by atoms with Crippen LogP contribution >= 0.6 is 0 Å². The van der Waals surface area contributed by atoms with Gasteiger partial charge in [0.05, 0.1) is 5.75 Å². The van der Waals surface area contributed by atoms with Crippen LogP contribution in [-0.2, 0) is 10.0 Å². The zero-order valence-corrected chi connectivity index (χ0v) is 9.39. The second kappa shape index (κ2) is 3.79. The second-order valence-electron chi connectivity index (χ2n) is 4.40. The molecule has 5 heteroatoms. The van der Waals surface area contributed by atoms with E-state index in [1.807, 2.05) is 6.92 Å². The summed E-state index contributed by atoms with van der Waals surface area (Å²) in [5, 5.41) is 3.33. The Balaban J connectivity index is 2.27. The van der Waals surface area contributed by atoms with E-state index in [9.17, 15) is 8.42 Å². The molecular weight excluding hydrogens is 200 g/mol. The molecule has 0 spiro atoms. The minimum absolute atomic E-state index is 0.114. The molecule has 2 heterocycles. The molecule has 4 nitrogen and oxygen atoms in total. The van der Waals surface area contributed by atoms with Gasteiger partial charge in [-0.2, -0.15) is 4.31 Å². The lowest BCUT2D eigenvalue weighted by Gasteiger charge is -2.25. The molecule has 0 radical (unpaired) electrons. The van der Waals surface area contributed by atoms with E-state index in [1.165, 1.54) is 0 Å². The van der Waals surface area contributed by atoms with Crippen molar-refractivity contribution in [3.8, 4) is 0 Å². The molecule has 0 aromatic rings. The van der Waals surface area contributed by atoms with Crippen LogP contribution in [0.5, 0.6) is 0 Å². The van der Waals surface area contributed by atoms with E-state index >= 15 is 0 Å². The standard InChI is InChI=1S/C9H18N2O2S/c1-8-5-10-6-9-3-2-4-14(12,13)11(8)7-9/h8-10H,2-7H2,1H3. The Hall–Kier alpha value is -0.130. The van der Waals surface area contributed by atoms with Crippen molar-refractivity contribution in [2.75, 3.05) is 25.4 Å². The number of hydrogen-bond donors (Lipinski definition) is 1. The maximum Gasteiger partial charge on any atom is 0.214 e. The van der Waals surface area contributed by atoms with Gasteiger partial charge < -0.3 is 5.32 Å². The monoisotopic (exact) mass is 218 g/mol. The van der Waals surface area contributed by atoms with Crippen LogP contribution in [0.1, 0.15) is 19.8 Å². The third-order valence-electron chi connectivity index (χ3n) is 3.17. The topological polar surface area (TPSA) is 49.4 Å². The van der Waals surface area contributed by atoms with E-state index in [-0.39, 0.29) is 6.04 Å². The molecule has 0 aliphatic carbocycles. The predicted octanol–water partition coefficient (Wildman–Crippen LogP) is 0.0199. The summed E-state index contributed by atoms with van der Waals surface area (Å²) in [6, 6.07) is 0.114. The maximum absolute atomic E-state index is 11.9. The van der Waals surface area contributed by atoms with Crippen LogP contribution in [0.2, 0.25) is 0 Å². The Bertz CT molecular complexity index is 302. The zero-order chi connectivity index (χ0) is 10.2. The van der Waals surface area contributed by atoms with Crippen molar-refractivity contribution in [3.63, 3.8) is 0 Å². The highest BCUT2D eigenvalue weighted by Crippen LogP contribution is 2.22. The summed E-state index contributed by atoms with van der Waals surface area (Å²) in [5.41, 5.74) is 0. The molecule has 2 aliphatic rings. The van der Waals surface area contributed by atoms with Gasteiger partial charge in [0.2, 0.25) is 10.0 Å². The van der Waals surface area contributed by atoms with Gasteiger partial charge in [-0.05, 0) is 32.2 Å². The van der Waals surface area contributed by atoms with Gasteiger partial charge in [0.1, 0.15) is 0 Å². The van der Waals surface area contributed by atoms with E-state index in [0.717, 1.165) is 32.5 Å². The normalized spacial score (nSPS) is 42.5. The van der Waals surface area contributed by atoms with Crippen LogP contribution in [0.4, 0.5) is 0 Å². The lowest BCUT2D eigenvalue weighted by molar-refractivity contribution is 0.326. The molecule has 2 fully saturated rings. The number of hydrogen-bond acceptors (Lipinski definition) is 3. The number of nitrogens with one attached hydrogen (secondary N) is 1. The van der Waals surface area contributed by atoms with Gasteiger partial charge in [0.25, 0.3) is 0 Å². The van der Waals surface area contributed by atoms with E-state index in [2.05, 4.69) is 5.32 Å². The van der Waals surface area contributed by atoms with Crippen LogP contribution in [0.15, 0.2) is 0 Å². The van der Waals surface area contributed by atoms with Crippen LogP contribution < -0.4 is 5.32 Å². The molecule has 2 aliphatic heterocycles. The van der Waals surface area contributed by atoms with Crippen molar-refractivity contribution in [1.82, 2.24) is 9.62 Å². The van der Waals surface area contributed by atoms with Crippen molar-refractivity contribution in [3.05, 3.63) is 0 Å². The number of sulfonamides is 1. The molecule has 0 aromatic heterocycles. The van der Waals surface area contributed by atoms with Crippen LogP contribution in [-0.4, -0.2) is 44.2 Å². The average Bonchev–Trinajstić information content (AvgIpc) is 2.35. The van der Waals surface area contributed by atoms with Crippen LogP contribution in [0.3, 0.4) is 0 Å². The van der Waals surface area contributed by atoms with Crippen molar-refractivity contribution in [1.29, 1.82) is 0 Å². The van der Waals surface area contributed by atoms with E-state index in [0.29, 0.717) is 11.7 Å². The Morgan fingerprint density at radius 2 is 2.14 bits per heavy atom. The SMILES string of the molecule is CC1CNCC2CCCS(=O)(=O)N1C2. The molecule has 2 rings (SSSR count). The third kappa shape index (κ3) is 1.94. The molecule has 0 amide bonds. The zero-order valence-electron chi connectivity index (χ0n) is 8.57. The average molecular weight is 218 g/mol. The third-order valence-corrected chi connectivity index (χ3v) is 5.20. The van der Waals surface area contributed by atoms with Gasteiger partial charge in [-0.25, -0.2) is 8.42 Å². The molecule has 14 heavy (non-hydrogen) atoms. The Kier molecular flexibility index (Phi) is 2.81. The van der Waals surface area contributed by atoms with Gasteiger partial charge in [-0.15, -0.1) is 0 Å². The van der Waals surface area contributed by atoms with Crippen molar-refractivity contribution in [2.45, 2.75) is 25.8 Å². The summed E-state index contributed by atoms with van der Waals surface area (Å²) in [5.74, 6) is 0.852. The van der Waals surface area contributed by atoms with E-state index < -0.39 is 10.0 Å². The minimum Gasteiger partial charge on any atom is -0.315 e. The Morgan fingerprint density at radius 3 is 2.93 bits per heavy atom. The molecule has 2 bridgehead atoms. The number of fused-ring (bicyclic) bond motifs is 2. The van der Waals surface area contributed by atoms with Gasteiger partial charge >= 0.3 is 0 Å². The number of rotatable bonds is 0. The first-order valence-electron chi connectivity index (χ1n) is 5.30. The molecule has 0 saturated carbocycles. The highest BCUT2D eigenvalue weighted by atomic mass is 32.2. The summed E-state index contributed by atoms with van der Waals surface area (Å²) in [4.78, 5) is 0. The second-order valence-corrected chi connectivity index (χ2v) is 6.44. The van der Waals surface area contributed by atoms with E-state index in [4.69, 9.17) is 0 Å². The Morgan fingerprint density at radius 1 is 1.36 bits per heavy atom. The van der Waals surface area contributed by atoms with Crippen molar-refractivity contribution < 1.29 is 8.42 Å². The summed E-state index contributed by atoms with van der Waals surface area (Å²) >= 11 is 0. The summed E-state index contributed by atoms with van der Waals surface area (Å²) < 4.78 is 25.4. The minimum atomic E-state index is -2.97. The molecule has 82 valence electrons.